The molecule has 0 aliphatic carbocycles. The van der Waals surface area contributed by atoms with Gasteiger partial charge in [-0.15, -0.1) is 0 Å². The number of thiazole rings is 1. The average Bonchev–Trinajstić information content (AvgIpc) is 3.07. The maximum Gasteiger partial charge on any atom is 0.187 e. The van der Waals surface area contributed by atoms with Crippen molar-refractivity contribution in [2.75, 3.05) is 49.7 Å². The van der Waals surface area contributed by atoms with Crippen LogP contribution in [-0.4, -0.2) is 49.8 Å². The zero-order valence-corrected chi connectivity index (χ0v) is 14.7. The molecule has 2 aromatic carbocycles. The van der Waals surface area contributed by atoms with Crippen molar-refractivity contribution in [1.82, 2.24) is 9.88 Å². The van der Waals surface area contributed by atoms with Crippen LogP contribution in [0.4, 0.5) is 10.8 Å². The number of fused-ring (bicyclic) bond motifs is 1. The summed E-state index contributed by atoms with van der Waals surface area (Å²) in [4.78, 5) is 12.0. The standard InChI is InChI=1S/C19H22N4S/c1-21(19-20-17-9-5-6-10-18(17)24-19)15-22-11-13-23(14-12-22)16-7-3-2-4-8-16/h2-10H,11-15H2,1H3. The Morgan fingerprint density at radius 3 is 2.42 bits per heavy atom. The highest BCUT2D eigenvalue weighted by Gasteiger charge is 2.19. The van der Waals surface area contributed by atoms with Crippen molar-refractivity contribution in [2.24, 2.45) is 0 Å². The van der Waals surface area contributed by atoms with Gasteiger partial charge in [0.05, 0.1) is 16.9 Å². The van der Waals surface area contributed by atoms with Crippen LogP contribution in [0.5, 0.6) is 0 Å². The smallest absolute Gasteiger partial charge is 0.187 e. The molecule has 1 saturated heterocycles. The summed E-state index contributed by atoms with van der Waals surface area (Å²) in [5, 5.41) is 1.10. The Labute approximate surface area is 146 Å². The van der Waals surface area contributed by atoms with E-state index in [4.69, 9.17) is 4.98 Å². The van der Waals surface area contributed by atoms with Crippen molar-refractivity contribution in [2.45, 2.75) is 0 Å². The van der Waals surface area contributed by atoms with Crippen LogP contribution in [0, 0.1) is 0 Å². The molecular formula is C19H22N4S. The number of nitrogens with zero attached hydrogens (tertiary/aromatic N) is 4. The molecule has 1 fully saturated rings. The lowest BCUT2D eigenvalue weighted by atomic mass is 10.2. The molecular weight excluding hydrogens is 316 g/mol. The summed E-state index contributed by atoms with van der Waals surface area (Å²) in [6.45, 7) is 5.27. The molecule has 0 unspecified atom stereocenters. The van der Waals surface area contributed by atoms with Gasteiger partial charge in [-0.3, -0.25) is 4.90 Å². The first kappa shape index (κ1) is 15.4. The van der Waals surface area contributed by atoms with Gasteiger partial charge in [0.2, 0.25) is 0 Å². The molecule has 0 N–H and O–H groups in total. The van der Waals surface area contributed by atoms with Gasteiger partial charge in [0.15, 0.2) is 5.13 Å². The molecule has 0 radical (unpaired) electrons. The molecule has 1 aromatic heterocycles. The van der Waals surface area contributed by atoms with Crippen molar-refractivity contribution in [3.63, 3.8) is 0 Å². The van der Waals surface area contributed by atoms with E-state index >= 15 is 0 Å². The third kappa shape index (κ3) is 3.23. The normalized spacial score (nSPS) is 15.8. The number of para-hydroxylation sites is 2. The molecule has 1 aliphatic heterocycles. The van der Waals surface area contributed by atoms with Gasteiger partial charge in [-0.2, -0.15) is 0 Å². The molecule has 4 rings (SSSR count). The van der Waals surface area contributed by atoms with Crippen LogP contribution < -0.4 is 9.80 Å². The SMILES string of the molecule is CN(CN1CCN(c2ccccc2)CC1)c1nc2ccccc2s1. The van der Waals surface area contributed by atoms with E-state index in [9.17, 15) is 0 Å². The van der Waals surface area contributed by atoms with E-state index < -0.39 is 0 Å². The van der Waals surface area contributed by atoms with E-state index in [0.29, 0.717) is 0 Å². The fourth-order valence-corrected chi connectivity index (χ4v) is 4.09. The molecule has 0 atom stereocenters. The van der Waals surface area contributed by atoms with E-state index in [1.807, 2.05) is 0 Å². The predicted molar refractivity (Wildman–Crippen MR) is 103 cm³/mol. The van der Waals surface area contributed by atoms with E-state index in [2.05, 4.69) is 76.3 Å². The summed E-state index contributed by atoms with van der Waals surface area (Å²) >= 11 is 1.77. The number of hydrogen-bond acceptors (Lipinski definition) is 5. The minimum atomic E-state index is 0.933. The minimum absolute atomic E-state index is 0.933. The number of aromatic nitrogens is 1. The van der Waals surface area contributed by atoms with Gasteiger partial charge in [0.1, 0.15) is 0 Å². The van der Waals surface area contributed by atoms with Crippen molar-refractivity contribution in [1.29, 1.82) is 0 Å². The topological polar surface area (TPSA) is 22.6 Å². The van der Waals surface area contributed by atoms with Gasteiger partial charge in [-0.1, -0.05) is 41.7 Å². The summed E-state index contributed by atoms with van der Waals surface area (Å²) < 4.78 is 1.26. The Bertz CT molecular complexity index is 760. The summed E-state index contributed by atoms with van der Waals surface area (Å²) in [5.74, 6) is 0. The number of hydrogen-bond donors (Lipinski definition) is 0. The lowest BCUT2D eigenvalue weighted by Gasteiger charge is -2.37. The molecule has 4 nitrogen and oxygen atoms in total. The zero-order chi connectivity index (χ0) is 16.4. The number of anilines is 2. The first-order chi connectivity index (χ1) is 11.8. The monoisotopic (exact) mass is 338 g/mol. The van der Waals surface area contributed by atoms with Crippen LogP contribution >= 0.6 is 11.3 Å². The number of piperazine rings is 1. The van der Waals surface area contributed by atoms with Crippen molar-refractivity contribution < 1.29 is 0 Å². The van der Waals surface area contributed by atoms with Crippen LogP contribution in [0.25, 0.3) is 10.2 Å². The van der Waals surface area contributed by atoms with Crippen molar-refractivity contribution in [3.05, 3.63) is 54.6 Å². The highest BCUT2D eigenvalue weighted by atomic mass is 32.1. The molecule has 0 bridgehead atoms. The summed E-state index contributed by atoms with van der Waals surface area (Å²) in [6, 6.07) is 19.1. The number of rotatable bonds is 4. The van der Waals surface area contributed by atoms with E-state index in [-0.39, 0.29) is 0 Å². The second kappa shape index (κ2) is 6.79. The second-order valence-electron chi connectivity index (χ2n) is 6.24. The Morgan fingerprint density at radius 2 is 1.67 bits per heavy atom. The third-order valence-corrected chi connectivity index (χ3v) is 5.67. The molecule has 24 heavy (non-hydrogen) atoms. The van der Waals surface area contributed by atoms with Gasteiger partial charge >= 0.3 is 0 Å². The third-order valence-electron chi connectivity index (χ3n) is 4.51. The first-order valence-corrected chi connectivity index (χ1v) is 9.20. The Morgan fingerprint density at radius 1 is 0.958 bits per heavy atom. The highest BCUT2D eigenvalue weighted by molar-refractivity contribution is 7.22. The lowest BCUT2D eigenvalue weighted by Crippen LogP contribution is -2.49. The first-order valence-electron chi connectivity index (χ1n) is 8.39. The predicted octanol–water partition coefficient (Wildman–Crippen LogP) is 3.51. The van der Waals surface area contributed by atoms with Gasteiger partial charge < -0.3 is 9.80 Å². The van der Waals surface area contributed by atoms with Gasteiger partial charge in [-0.05, 0) is 24.3 Å². The largest absolute Gasteiger partial charge is 0.369 e. The summed E-state index contributed by atoms with van der Waals surface area (Å²) in [7, 11) is 2.14. The van der Waals surface area contributed by atoms with E-state index in [0.717, 1.165) is 43.5 Å². The van der Waals surface area contributed by atoms with Crippen molar-refractivity contribution in [3.8, 4) is 0 Å². The summed E-state index contributed by atoms with van der Waals surface area (Å²) in [5.41, 5.74) is 2.43. The van der Waals surface area contributed by atoms with Gasteiger partial charge in [0.25, 0.3) is 0 Å². The van der Waals surface area contributed by atoms with Crippen LogP contribution in [0.1, 0.15) is 0 Å². The Hall–Kier alpha value is -2.11. The fourth-order valence-electron chi connectivity index (χ4n) is 3.17. The minimum Gasteiger partial charge on any atom is -0.369 e. The maximum atomic E-state index is 4.75. The fraction of sp³-hybridized carbons (Fsp3) is 0.316. The second-order valence-corrected chi connectivity index (χ2v) is 7.25. The lowest BCUT2D eigenvalue weighted by molar-refractivity contribution is 0.260. The zero-order valence-electron chi connectivity index (χ0n) is 13.9. The molecule has 3 aromatic rings. The van der Waals surface area contributed by atoms with Crippen molar-refractivity contribution >= 4 is 32.4 Å². The van der Waals surface area contributed by atoms with Crippen LogP contribution in [0.2, 0.25) is 0 Å². The van der Waals surface area contributed by atoms with Crippen LogP contribution in [-0.2, 0) is 0 Å². The molecule has 0 amide bonds. The quantitative estimate of drug-likeness (QED) is 0.726. The van der Waals surface area contributed by atoms with E-state index in [1.54, 1.807) is 11.3 Å². The molecule has 124 valence electrons. The Balaban J connectivity index is 1.36. The van der Waals surface area contributed by atoms with Crippen LogP contribution in [0.3, 0.4) is 0 Å². The maximum absolute atomic E-state index is 4.75. The average molecular weight is 338 g/mol. The van der Waals surface area contributed by atoms with Gasteiger partial charge in [-0.25, -0.2) is 4.98 Å². The molecule has 5 heteroatoms. The van der Waals surface area contributed by atoms with Gasteiger partial charge in [0, 0.05) is 38.9 Å². The highest BCUT2D eigenvalue weighted by Crippen LogP contribution is 2.28. The van der Waals surface area contributed by atoms with Crippen LogP contribution in [0.15, 0.2) is 54.6 Å². The molecule has 0 saturated carbocycles. The van der Waals surface area contributed by atoms with E-state index in [1.165, 1.54) is 10.4 Å². The Kier molecular flexibility index (Phi) is 4.36. The molecule has 0 spiro atoms. The summed E-state index contributed by atoms with van der Waals surface area (Å²) in [6.07, 6.45) is 0. The molecule has 2 heterocycles. The number of benzene rings is 2. The molecule has 1 aliphatic rings.